The highest BCUT2D eigenvalue weighted by atomic mass is 32.2. The van der Waals surface area contributed by atoms with Crippen molar-refractivity contribution < 1.29 is 13.2 Å². The number of hydrogen-bond acceptors (Lipinski definition) is 5. The van der Waals surface area contributed by atoms with Gasteiger partial charge < -0.3 is 5.32 Å². The van der Waals surface area contributed by atoms with E-state index in [9.17, 15) is 13.2 Å². The molecule has 0 aliphatic carbocycles. The summed E-state index contributed by atoms with van der Waals surface area (Å²) in [5.41, 5.74) is 2.89. The molecule has 0 bridgehead atoms. The van der Waals surface area contributed by atoms with Crippen molar-refractivity contribution in [2.75, 3.05) is 11.0 Å². The summed E-state index contributed by atoms with van der Waals surface area (Å²) < 4.78 is 25.0. The number of anilines is 1. The summed E-state index contributed by atoms with van der Waals surface area (Å²) in [6.07, 6.45) is 3.89. The number of rotatable bonds is 10. The highest BCUT2D eigenvalue weighted by Gasteiger charge is 2.16. The van der Waals surface area contributed by atoms with Gasteiger partial charge in [-0.05, 0) is 30.4 Å². The lowest BCUT2D eigenvalue weighted by atomic mass is 9.99. The number of aromatic nitrogens is 1. The minimum Gasteiger partial charge on any atom is -0.349 e. The van der Waals surface area contributed by atoms with E-state index >= 15 is 0 Å². The summed E-state index contributed by atoms with van der Waals surface area (Å²) in [6.45, 7) is 0. The van der Waals surface area contributed by atoms with Gasteiger partial charge in [0.2, 0.25) is 15.9 Å². The molecule has 1 amide bonds. The number of benzene rings is 2. The number of sulfonamides is 1. The van der Waals surface area contributed by atoms with Gasteiger partial charge in [-0.1, -0.05) is 60.7 Å². The zero-order chi connectivity index (χ0) is 21.4. The summed E-state index contributed by atoms with van der Waals surface area (Å²) in [5.74, 6) is -0.139. The molecule has 1 unspecified atom stereocenters. The first-order valence-corrected chi connectivity index (χ1v) is 12.5. The van der Waals surface area contributed by atoms with Crippen LogP contribution in [0.3, 0.4) is 0 Å². The molecule has 0 aliphatic rings. The van der Waals surface area contributed by atoms with Crippen LogP contribution in [0, 0.1) is 0 Å². The van der Waals surface area contributed by atoms with E-state index in [0.29, 0.717) is 5.69 Å². The first-order valence-electron chi connectivity index (χ1n) is 9.69. The third kappa shape index (κ3) is 7.27. The van der Waals surface area contributed by atoms with Crippen molar-refractivity contribution in [3.8, 4) is 0 Å². The molecule has 6 nitrogen and oxygen atoms in total. The van der Waals surface area contributed by atoms with Crippen LogP contribution >= 0.6 is 11.3 Å². The van der Waals surface area contributed by atoms with Gasteiger partial charge in [-0.3, -0.25) is 9.52 Å². The Bertz CT molecular complexity index is 1050. The third-order valence-electron chi connectivity index (χ3n) is 4.50. The SMILES string of the molecule is CS(=O)(=O)Nc1nc(CC(=O)NC(CCCc2ccccc2)c2ccccc2)cs1. The van der Waals surface area contributed by atoms with Crippen LogP contribution in [-0.4, -0.2) is 25.6 Å². The largest absolute Gasteiger partial charge is 0.349 e. The minimum atomic E-state index is -3.38. The number of nitrogens with zero attached hydrogens (tertiary/aromatic N) is 1. The zero-order valence-corrected chi connectivity index (χ0v) is 18.4. The van der Waals surface area contributed by atoms with Gasteiger partial charge in [0.1, 0.15) is 0 Å². The molecule has 8 heteroatoms. The lowest BCUT2D eigenvalue weighted by Crippen LogP contribution is -2.30. The Kier molecular flexibility index (Phi) is 7.59. The molecule has 30 heavy (non-hydrogen) atoms. The maximum absolute atomic E-state index is 12.6. The van der Waals surface area contributed by atoms with Gasteiger partial charge in [0.05, 0.1) is 24.4 Å². The molecule has 2 aromatic carbocycles. The summed E-state index contributed by atoms with van der Waals surface area (Å²) in [4.78, 5) is 16.8. The van der Waals surface area contributed by atoms with Crippen molar-refractivity contribution in [3.63, 3.8) is 0 Å². The predicted octanol–water partition coefficient (Wildman–Crippen LogP) is 3.94. The van der Waals surface area contributed by atoms with Crippen LogP contribution in [0.1, 0.15) is 35.7 Å². The van der Waals surface area contributed by atoms with Crippen LogP contribution in [0.15, 0.2) is 66.0 Å². The first-order chi connectivity index (χ1) is 14.4. The van der Waals surface area contributed by atoms with E-state index in [1.54, 1.807) is 5.38 Å². The normalized spacial score (nSPS) is 12.3. The van der Waals surface area contributed by atoms with E-state index in [-0.39, 0.29) is 23.5 Å². The van der Waals surface area contributed by atoms with Gasteiger partial charge >= 0.3 is 0 Å². The third-order valence-corrected chi connectivity index (χ3v) is 6.00. The molecular formula is C22H25N3O3S2. The topological polar surface area (TPSA) is 88.2 Å². The molecule has 0 spiro atoms. The van der Waals surface area contributed by atoms with E-state index in [2.05, 4.69) is 27.2 Å². The lowest BCUT2D eigenvalue weighted by molar-refractivity contribution is -0.121. The fourth-order valence-corrected chi connectivity index (χ4v) is 4.73. The smallest absolute Gasteiger partial charge is 0.231 e. The summed E-state index contributed by atoms with van der Waals surface area (Å²) in [7, 11) is -3.38. The summed E-state index contributed by atoms with van der Waals surface area (Å²) in [5, 5.41) is 5.07. The van der Waals surface area contributed by atoms with Crippen LogP contribution in [0.2, 0.25) is 0 Å². The number of thiazole rings is 1. The molecule has 0 fully saturated rings. The quantitative estimate of drug-likeness (QED) is 0.497. The van der Waals surface area contributed by atoms with Crippen molar-refractivity contribution in [2.45, 2.75) is 31.7 Å². The Morgan fingerprint density at radius 3 is 2.40 bits per heavy atom. The molecule has 0 saturated heterocycles. The average Bonchev–Trinajstić information content (AvgIpc) is 3.13. The molecular weight excluding hydrogens is 418 g/mol. The molecule has 1 heterocycles. The molecule has 0 radical (unpaired) electrons. The van der Waals surface area contributed by atoms with Crippen LogP contribution in [0.5, 0.6) is 0 Å². The molecule has 3 aromatic rings. The molecule has 0 saturated carbocycles. The molecule has 2 N–H and O–H groups in total. The fraction of sp³-hybridized carbons (Fsp3) is 0.273. The Balaban J connectivity index is 1.60. The maximum atomic E-state index is 12.6. The van der Waals surface area contributed by atoms with Crippen molar-refractivity contribution in [1.82, 2.24) is 10.3 Å². The molecule has 1 atom stereocenters. The minimum absolute atomic E-state index is 0.0883. The Labute approximate surface area is 181 Å². The van der Waals surface area contributed by atoms with Crippen molar-refractivity contribution >= 4 is 32.4 Å². The second-order valence-electron chi connectivity index (χ2n) is 7.10. The number of carbonyl (C=O) groups is 1. The zero-order valence-electron chi connectivity index (χ0n) is 16.7. The number of amides is 1. The summed E-state index contributed by atoms with van der Waals surface area (Å²) >= 11 is 1.16. The standard InChI is InChI=1S/C22H25N3O3S2/c1-30(27,28)25-22-23-19(16-29-22)15-21(26)24-20(18-12-6-3-7-13-18)14-8-11-17-9-4-2-5-10-17/h2-7,9-10,12-13,16,20H,8,11,14-15H2,1H3,(H,23,25)(H,24,26). The van der Waals surface area contributed by atoms with Crippen LogP contribution in [0.4, 0.5) is 5.13 Å². The fourth-order valence-electron chi connectivity index (χ4n) is 3.17. The highest BCUT2D eigenvalue weighted by molar-refractivity contribution is 7.92. The van der Waals surface area contributed by atoms with Crippen LogP contribution in [0.25, 0.3) is 0 Å². The first kappa shape index (κ1) is 22.0. The van der Waals surface area contributed by atoms with Crippen LogP contribution in [-0.2, 0) is 27.7 Å². The number of hydrogen-bond donors (Lipinski definition) is 2. The molecule has 0 aliphatic heterocycles. The number of nitrogens with one attached hydrogen (secondary N) is 2. The Hall–Kier alpha value is -2.71. The van der Waals surface area contributed by atoms with Crippen molar-refractivity contribution in [3.05, 3.63) is 82.9 Å². The van der Waals surface area contributed by atoms with Gasteiger partial charge in [0, 0.05) is 5.38 Å². The second-order valence-corrected chi connectivity index (χ2v) is 9.71. The Morgan fingerprint density at radius 2 is 1.73 bits per heavy atom. The molecule has 158 valence electrons. The maximum Gasteiger partial charge on any atom is 0.231 e. The summed E-state index contributed by atoms with van der Waals surface area (Å²) in [6, 6.07) is 20.1. The average molecular weight is 444 g/mol. The Morgan fingerprint density at radius 1 is 1.07 bits per heavy atom. The highest BCUT2D eigenvalue weighted by Crippen LogP contribution is 2.21. The van der Waals surface area contributed by atoms with Gasteiger partial charge in [-0.25, -0.2) is 13.4 Å². The predicted molar refractivity (Wildman–Crippen MR) is 121 cm³/mol. The van der Waals surface area contributed by atoms with E-state index in [4.69, 9.17) is 0 Å². The molecule has 3 rings (SSSR count). The van der Waals surface area contributed by atoms with Crippen molar-refractivity contribution in [1.29, 1.82) is 0 Å². The molecule has 1 aromatic heterocycles. The van der Waals surface area contributed by atoms with Crippen molar-refractivity contribution in [2.24, 2.45) is 0 Å². The number of carbonyl (C=O) groups excluding carboxylic acids is 1. The van der Waals surface area contributed by atoms with Gasteiger partial charge in [0.15, 0.2) is 5.13 Å². The monoisotopic (exact) mass is 443 g/mol. The van der Waals surface area contributed by atoms with Gasteiger partial charge in [-0.15, -0.1) is 11.3 Å². The van der Waals surface area contributed by atoms with E-state index in [1.165, 1.54) is 5.56 Å². The lowest BCUT2D eigenvalue weighted by Gasteiger charge is -2.19. The van der Waals surface area contributed by atoms with E-state index in [1.807, 2.05) is 48.5 Å². The van der Waals surface area contributed by atoms with Crippen LogP contribution < -0.4 is 10.0 Å². The van der Waals surface area contributed by atoms with Gasteiger partial charge in [0.25, 0.3) is 0 Å². The van der Waals surface area contributed by atoms with E-state index < -0.39 is 10.0 Å². The number of aryl methyl sites for hydroxylation is 1. The van der Waals surface area contributed by atoms with Gasteiger partial charge in [-0.2, -0.15) is 0 Å². The second kappa shape index (κ2) is 10.4. The van der Waals surface area contributed by atoms with E-state index in [0.717, 1.165) is 42.4 Å².